The second-order valence-corrected chi connectivity index (χ2v) is 4.35. The Morgan fingerprint density at radius 3 is 1.85 bits per heavy atom. The Hall–Kier alpha value is -2.43. The van der Waals surface area contributed by atoms with Crippen molar-refractivity contribution in [2.45, 2.75) is 26.7 Å². The molecule has 0 radical (unpaired) electrons. The fraction of sp³-hybridized carbons (Fsp3) is 0.267. The van der Waals surface area contributed by atoms with Crippen LogP contribution in [0, 0.1) is 6.92 Å². The second kappa shape index (κ2) is 6.65. The first-order chi connectivity index (χ1) is 9.36. The van der Waals surface area contributed by atoms with Crippen LogP contribution in [-0.2, 0) is 9.59 Å². The van der Waals surface area contributed by atoms with Crippen LogP contribution in [0.25, 0.3) is 0 Å². The minimum absolute atomic E-state index is 0.0488. The highest BCUT2D eigenvalue weighted by Crippen LogP contribution is 2.16. The highest BCUT2D eigenvalue weighted by atomic mass is 16.4. The lowest BCUT2D eigenvalue weighted by molar-refractivity contribution is -0.304. The van der Waals surface area contributed by atoms with Crippen molar-refractivity contribution < 1.29 is 24.6 Å². The van der Waals surface area contributed by atoms with Gasteiger partial charge in [0, 0.05) is 12.0 Å². The summed E-state index contributed by atoms with van der Waals surface area (Å²) in [6.45, 7) is 3.33. The van der Waals surface area contributed by atoms with E-state index in [0.29, 0.717) is 5.56 Å². The molecule has 0 saturated heterocycles. The zero-order chi connectivity index (χ0) is 15.3. The molecular formula is C15H14O5-2. The van der Waals surface area contributed by atoms with E-state index in [0.717, 1.165) is 5.56 Å². The maximum Gasteiger partial charge on any atom is 0.167 e. The van der Waals surface area contributed by atoms with Gasteiger partial charge in [-0.2, -0.15) is 0 Å². The molecule has 1 aromatic carbocycles. The number of aliphatic carboxylic acids is 2. The van der Waals surface area contributed by atoms with Gasteiger partial charge in [0.05, 0.1) is 11.9 Å². The minimum Gasteiger partial charge on any atom is -0.545 e. The van der Waals surface area contributed by atoms with E-state index in [-0.39, 0.29) is 6.42 Å². The van der Waals surface area contributed by atoms with Gasteiger partial charge in [-0.25, -0.2) is 0 Å². The summed E-state index contributed by atoms with van der Waals surface area (Å²) in [5.74, 6) is -3.73. The molecule has 106 valence electrons. The minimum atomic E-state index is -1.66. The second-order valence-electron chi connectivity index (χ2n) is 4.35. The van der Waals surface area contributed by atoms with Crippen LogP contribution in [0.5, 0.6) is 0 Å². The monoisotopic (exact) mass is 274 g/mol. The Bertz CT molecular complexity index is 566. The Morgan fingerprint density at radius 2 is 1.45 bits per heavy atom. The van der Waals surface area contributed by atoms with Crippen molar-refractivity contribution in [1.29, 1.82) is 0 Å². The summed E-state index contributed by atoms with van der Waals surface area (Å²) in [6.07, 6.45) is -0.574. The summed E-state index contributed by atoms with van der Waals surface area (Å²) in [4.78, 5) is 33.9. The normalized spacial score (nSPS) is 11.7. The van der Waals surface area contributed by atoms with E-state index in [4.69, 9.17) is 0 Å². The van der Waals surface area contributed by atoms with Gasteiger partial charge >= 0.3 is 0 Å². The molecule has 1 aromatic rings. The summed E-state index contributed by atoms with van der Waals surface area (Å²) in [7, 11) is 0. The van der Waals surface area contributed by atoms with Gasteiger partial charge in [-0.3, -0.25) is 4.79 Å². The average molecular weight is 274 g/mol. The lowest BCUT2D eigenvalue weighted by Crippen LogP contribution is -2.32. The first-order valence-electron chi connectivity index (χ1n) is 6.11. The van der Waals surface area contributed by atoms with E-state index in [1.54, 1.807) is 24.3 Å². The van der Waals surface area contributed by atoms with Gasteiger partial charge < -0.3 is 19.8 Å². The molecule has 0 spiro atoms. The third kappa shape index (κ3) is 3.78. The first kappa shape index (κ1) is 15.6. The van der Waals surface area contributed by atoms with Crippen LogP contribution >= 0.6 is 0 Å². The summed E-state index contributed by atoms with van der Waals surface area (Å²) in [5, 5.41) is 21.9. The summed E-state index contributed by atoms with van der Waals surface area (Å²) in [6, 6.07) is 6.56. The van der Waals surface area contributed by atoms with Crippen molar-refractivity contribution >= 4 is 17.7 Å². The highest BCUT2D eigenvalue weighted by Gasteiger charge is 2.14. The smallest absolute Gasteiger partial charge is 0.167 e. The Morgan fingerprint density at radius 1 is 0.950 bits per heavy atom. The fourth-order valence-corrected chi connectivity index (χ4v) is 1.79. The maximum absolute atomic E-state index is 12.0. The number of carboxylic acid groups (broad SMARTS) is 2. The van der Waals surface area contributed by atoms with E-state index in [9.17, 15) is 24.6 Å². The van der Waals surface area contributed by atoms with Crippen molar-refractivity contribution in [3.63, 3.8) is 0 Å². The summed E-state index contributed by atoms with van der Waals surface area (Å²) >= 11 is 0. The number of hydrogen-bond donors (Lipinski definition) is 0. The lowest BCUT2D eigenvalue weighted by Gasteiger charge is -2.15. The van der Waals surface area contributed by atoms with Crippen molar-refractivity contribution in [3.05, 3.63) is 46.5 Å². The topological polar surface area (TPSA) is 97.3 Å². The van der Waals surface area contributed by atoms with Crippen LogP contribution in [0.3, 0.4) is 0 Å². The van der Waals surface area contributed by atoms with Gasteiger partial charge in [0.2, 0.25) is 0 Å². The van der Waals surface area contributed by atoms with E-state index < -0.39 is 35.3 Å². The molecule has 0 unspecified atom stereocenters. The lowest BCUT2D eigenvalue weighted by atomic mass is 9.97. The molecule has 0 aliphatic carbocycles. The number of carbonyl (C=O) groups is 3. The largest absolute Gasteiger partial charge is 0.545 e. The quantitative estimate of drug-likeness (QED) is 0.527. The fourth-order valence-electron chi connectivity index (χ4n) is 1.79. The molecule has 0 aliphatic heterocycles. The van der Waals surface area contributed by atoms with Crippen LogP contribution in [0.15, 0.2) is 35.4 Å². The molecule has 0 amide bonds. The third-order valence-corrected chi connectivity index (χ3v) is 2.92. The number of aryl methyl sites for hydroxylation is 1. The van der Waals surface area contributed by atoms with Gasteiger partial charge in [-0.15, -0.1) is 0 Å². The van der Waals surface area contributed by atoms with Crippen molar-refractivity contribution in [1.82, 2.24) is 0 Å². The molecule has 0 atom stereocenters. The van der Waals surface area contributed by atoms with Crippen LogP contribution in [0.1, 0.15) is 35.7 Å². The maximum atomic E-state index is 12.0. The zero-order valence-electron chi connectivity index (χ0n) is 11.3. The highest BCUT2D eigenvalue weighted by molar-refractivity contribution is 6.06. The average Bonchev–Trinajstić information content (AvgIpc) is 2.38. The summed E-state index contributed by atoms with van der Waals surface area (Å²) < 4.78 is 0. The van der Waals surface area contributed by atoms with Crippen LogP contribution < -0.4 is 10.2 Å². The molecule has 1 rings (SSSR count). The molecule has 0 bridgehead atoms. The van der Waals surface area contributed by atoms with Gasteiger partial charge in [0.15, 0.2) is 5.78 Å². The molecule has 0 N–H and O–H groups in total. The van der Waals surface area contributed by atoms with E-state index >= 15 is 0 Å². The molecule has 0 aliphatic rings. The number of rotatable bonds is 6. The number of hydrogen-bond acceptors (Lipinski definition) is 5. The summed E-state index contributed by atoms with van der Waals surface area (Å²) in [5.41, 5.74) is 0.341. The van der Waals surface area contributed by atoms with Crippen LogP contribution in [0.2, 0.25) is 0 Å². The number of Topliss-reactive ketones (excluding diaryl/α,β-unsaturated/α-hetero) is 1. The molecule has 5 heteroatoms. The van der Waals surface area contributed by atoms with E-state index in [2.05, 4.69) is 0 Å². The molecular weight excluding hydrogens is 260 g/mol. The van der Waals surface area contributed by atoms with Crippen molar-refractivity contribution in [2.24, 2.45) is 0 Å². The molecule has 0 heterocycles. The van der Waals surface area contributed by atoms with Crippen molar-refractivity contribution in [2.75, 3.05) is 0 Å². The SMILES string of the molecule is CC/C(C(=O)[O-])=C(/CC(=O)c1ccc(C)cc1)C(=O)[O-]. The number of benzene rings is 1. The van der Waals surface area contributed by atoms with Gasteiger partial charge in [0.25, 0.3) is 0 Å². The number of ketones is 1. The molecule has 0 aromatic heterocycles. The molecule has 0 saturated carbocycles. The molecule has 0 fully saturated rings. The predicted octanol–water partition coefficient (Wildman–Crippen LogP) is -0.226. The first-order valence-corrected chi connectivity index (χ1v) is 6.11. The molecule has 5 nitrogen and oxygen atoms in total. The van der Waals surface area contributed by atoms with Crippen molar-refractivity contribution in [3.8, 4) is 0 Å². The van der Waals surface area contributed by atoms with Gasteiger partial charge in [-0.1, -0.05) is 36.8 Å². The van der Waals surface area contributed by atoms with Crippen LogP contribution in [0.4, 0.5) is 0 Å². The number of carbonyl (C=O) groups excluding carboxylic acids is 3. The van der Waals surface area contributed by atoms with E-state index in [1.807, 2.05) is 6.92 Å². The van der Waals surface area contributed by atoms with E-state index in [1.165, 1.54) is 6.92 Å². The van der Waals surface area contributed by atoms with Gasteiger partial charge in [-0.05, 0) is 24.5 Å². The van der Waals surface area contributed by atoms with Gasteiger partial charge in [0.1, 0.15) is 0 Å². The van der Waals surface area contributed by atoms with Crippen LogP contribution in [-0.4, -0.2) is 17.7 Å². The Kier molecular flexibility index (Phi) is 5.20. The Labute approximate surface area is 116 Å². The third-order valence-electron chi connectivity index (χ3n) is 2.92. The number of carboxylic acids is 2. The Balaban J connectivity index is 3.09. The zero-order valence-corrected chi connectivity index (χ0v) is 11.3. The predicted molar refractivity (Wildman–Crippen MR) is 67.5 cm³/mol. The molecule has 20 heavy (non-hydrogen) atoms. The standard InChI is InChI=1S/C15H16O5/c1-3-11(14(17)18)12(15(19)20)8-13(16)10-6-4-9(2)5-7-10/h4-7H,3,8H2,1-2H3,(H,17,18)(H,19,20)/p-2/b12-11+.